The van der Waals surface area contributed by atoms with Gasteiger partial charge in [-0.1, -0.05) is 48.5 Å². The van der Waals surface area contributed by atoms with Crippen LogP contribution < -0.4 is 5.32 Å². The van der Waals surface area contributed by atoms with Gasteiger partial charge in [-0.2, -0.15) is 26.3 Å². The van der Waals surface area contributed by atoms with Crippen molar-refractivity contribution in [1.82, 2.24) is 10.2 Å². The van der Waals surface area contributed by atoms with Gasteiger partial charge in [-0.3, -0.25) is 14.4 Å². The molecule has 4 rings (SSSR count). The molecule has 0 radical (unpaired) electrons. The molecule has 1 aliphatic rings. The molecule has 2 amide bonds. The maximum absolute atomic E-state index is 15.0. The summed E-state index contributed by atoms with van der Waals surface area (Å²) in [7, 11) is 0. The lowest BCUT2D eigenvalue weighted by atomic mass is 9.84. The number of nitrogens with one attached hydrogen (secondary N) is 1. The summed E-state index contributed by atoms with van der Waals surface area (Å²) >= 11 is 0. The molecule has 12 heteroatoms. The predicted octanol–water partition coefficient (Wildman–Crippen LogP) is 6.12. The van der Waals surface area contributed by atoms with Gasteiger partial charge in [-0.25, -0.2) is 4.39 Å². The number of rotatable bonds is 7. The summed E-state index contributed by atoms with van der Waals surface area (Å²) in [6, 6.07) is 14.4. The topological polar surface area (TPSA) is 66.5 Å². The van der Waals surface area contributed by atoms with E-state index in [1.54, 1.807) is 5.32 Å². The lowest BCUT2D eigenvalue weighted by molar-refractivity contribution is -0.189. The van der Waals surface area contributed by atoms with E-state index in [1.807, 2.05) is 0 Å². The van der Waals surface area contributed by atoms with E-state index in [0.29, 0.717) is 22.6 Å². The Hall–Kier alpha value is -4.48. The number of alkyl halides is 6. The molecule has 3 aromatic carbocycles. The third kappa shape index (κ3) is 5.59. The Morgan fingerprint density at radius 2 is 1.46 bits per heavy atom. The van der Waals surface area contributed by atoms with Crippen molar-refractivity contribution >= 4 is 17.6 Å². The van der Waals surface area contributed by atoms with Gasteiger partial charge < -0.3 is 10.2 Å². The highest BCUT2D eigenvalue weighted by Crippen LogP contribution is 2.46. The number of benzene rings is 3. The highest BCUT2D eigenvalue weighted by molar-refractivity contribution is 6.19. The molecule has 0 aromatic heterocycles. The lowest BCUT2D eigenvalue weighted by Crippen LogP contribution is -2.66. The number of halogens is 7. The number of hydrogen-bond acceptors (Lipinski definition) is 3. The van der Waals surface area contributed by atoms with E-state index in [4.69, 9.17) is 0 Å². The van der Waals surface area contributed by atoms with Crippen molar-refractivity contribution in [1.29, 1.82) is 0 Å². The Morgan fingerprint density at radius 1 is 0.854 bits per heavy atom. The summed E-state index contributed by atoms with van der Waals surface area (Å²) in [5.41, 5.74) is -7.22. The summed E-state index contributed by atoms with van der Waals surface area (Å²) in [5, 5.41) is 1.59. The van der Waals surface area contributed by atoms with E-state index in [1.165, 1.54) is 42.5 Å². The maximum atomic E-state index is 15.0. The fraction of sp³-hybridized carbons (Fsp3) is 0.207. The maximum Gasteiger partial charge on any atom is 0.425 e. The molecule has 1 unspecified atom stereocenters. The second-order valence-corrected chi connectivity index (χ2v) is 9.27. The van der Waals surface area contributed by atoms with Crippen LogP contribution in [0.4, 0.5) is 30.7 Å². The molecule has 1 aliphatic heterocycles. The van der Waals surface area contributed by atoms with E-state index >= 15 is 13.2 Å². The number of carbonyl (C=O) groups is 3. The van der Waals surface area contributed by atoms with Crippen molar-refractivity contribution in [2.24, 2.45) is 0 Å². The molecule has 1 heterocycles. The fourth-order valence-electron chi connectivity index (χ4n) is 4.63. The molecule has 0 aliphatic carbocycles. The first kappa shape index (κ1) is 29.5. The van der Waals surface area contributed by atoms with Gasteiger partial charge in [0.25, 0.3) is 11.8 Å². The molecule has 41 heavy (non-hydrogen) atoms. The van der Waals surface area contributed by atoms with Crippen molar-refractivity contribution < 1.29 is 45.1 Å². The summed E-state index contributed by atoms with van der Waals surface area (Å²) in [6.07, 6.45) is -10.5. The SMILES string of the molecule is CC1=C(C(=O)c2ccccc2)C(NC(=O)c2cccc(C(F)(F)F)c2)(C(F)(F)F)C(=O)N1CCc1ccc(F)cc1. The molecule has 214 valence electrons. The van der Waals surface area contributed by atoms with Gasteiger partial charge >= 0.3 is 12.4 Å². The van der Waals surface area contributed by atoms with E-state index in [0.717, 1.165) is 31.2 Å². The molecule has 1 N–H and O–H groups in total. The number of allylic oxidation sites excluding steroid dienone is 1. The van der Waals surface area contributed by atoms with Crippen LogP contribution in [0.15, 0.2) is 90.1 Å². The molecule has 1 atom stereocenters. The minimum absolute atomic E-state index is 0.0360. The quantitative estimate of drug-likeness (QED) is 0.272. The third-order valence-corrected chi connectivity index (χ3v) is 6.69. The van der Waals surface area contributed by atoms with E-state index < -0.39 is 63.7 Å². The molecule has 3 aromatic rings. The average molecular weight is 578 g/mol. The van der Waals surface area contributed by atoms with Gasteiger partial charge in [0.15, 0.2) is 5.78 Å². The number of Topliss-reactive ketones (excluding diaryl/α,β-unsaturated/α-hetero) is 1. The first-order valence-electron chi connectivity index (χ1n) is 12.1. The van der Waals surface area contributed by atoms with Crippen LogP contribution in [0.3, 0.4) is 0 Å². The van der Waals surface area contributed by atoms with Crippen LogP contribution in [0.25, 0.3) is 0 Å². The fourth-order valence-corrected chi connectivity index (χ4v) is 4.63. The smallest absolute Gasteiger partial charge is 0.326 e. The van der Waals surface area contributed by atoms with Crippen LogP contribution in [-0.2, 0) is 17.4 Å². The molecular formula is C29H21F7N2O3. The summed E-state index contributed by atoms with van der Waals surface area (Å²) in [6.45, 7) is 0.738. The van der Waals surface area contributed by atoms with Crippen molar-refractivity contribution in [2.45, 2.75) is 31.2 Å². The Bertz CT molecular complexity index is 1510. The van der Waals surface area contributed by atoms with E-state index in [2.05, 4.69) is 0 Å². The van der Waals surface area contributed by atoms with Gasteiger partial charge in [-0.05, 0) is 49.2 Å². The lowest BCUT2D eigenvalue weighted by Gasteiger charge is -2.33. The molecular weight excluding hydrogens is 557 g/mol. The van der Waals surface area contributed by atoms with Crippen molar-refractivity contribution in [3.63, 3.8) is 0 Å². The predicted molar refractivity (Wildman–Crippen MR) is 133 cm³/mol. The Morgan fingerprint density at radius 3 is 2.05 bits per heavy atom. The zero-order chi connectivity index (χ0) is 30.2. The second-order valence-electron chi connectivity index (χ2n) is 9.27. The van der Waals surface area contributed by atoms with Crippen LogP contribution in [-0.4, -0.2) is 40.8 Å². The van der Waals surface area contributed by atoms with Crippen molar-refractivity contribution in [3.05, 3.63) is 118 Å². The third-order valence-electron chi connectivity index (χ3n) is 6.69. The molecule has 0 spiro atoms. The number of nitrogens with zero attached hydrogens (tertiary/aromatic N) is 1. The highest BCUT2D eigenvalue weighted by atomic mass is 19.4. The minimum atomic E-state index is -5.59. The van der Waals surface area contributed by atoms with Gasteiger partial charge in [-0.15, -0.1) is 0 Å². The number of hydrogen-bond donors (Lipinski definition) is 1. The molecule has 0 fully saturated rings. The number of amides is 2. The minimum Gasteiger partial charge on any atom is -0.326 e. The van der Waals surface area contributed by atoms with Gasteiger partial charge in [0, 0.05) is 23.4 Å². The Balaban J connectivity index is 1.82. The normalized spacial score (nSPS) is 17.7. The monoisotopic (exact) mass is 578 g/mol. The molecule has 0 bridgehead atoms. The largest absolute Gasteiger partial charge is 0.425 e. The molecule has 0 saturated heterocycles. The van der Waals surface area contributed by atoms with Gasteiger partial charge in [0.1, 0.15) is 5.82 Å². The zero-order valence-corrected chi connectivity index (χ0v) is 21.2. The van der Waals surface area contributed by atoms with Gasteiger partial charge in [0.05, 0.1) is 11.1 Å². The highest BCUT2D eigenvalue weighted by Gasteiger charge is 2.70. The van der Waals surface area contributed by atoms with E-state index in [-0.39, 0.29) is 18.5 Å². The van der Waals surface area contributed by atoms with E-state index in [9.17, 15) is 31.9 Å². The first-order valence-corrected chi connectivity index (χ1v) is 12.1. The second kappa shape index (κ2) is 10.8. The standard InChI is InChI=1S/C29H21F7N2O3/c1-17-23(24(39)19-6-3-2-4-7-19)27(29(34,35)36,26(41)38(17)15-14-18-10-12-22(30)13-11-18)37-25(40)20-8-5-9-21(16-20)28(31,32)33/h2-13,16H,14-15H2,1H3,(H,37,40). The van der Waals surface area contributed by atoms with Crippen LogP contribution in [0.5, 0.6) is 0 Å². The Labute approximate surface area is 229 Å². The Kier molecular flexibility index (Phi) is 7.79. The van der Waals surface area contributed by atoms with Crippen molar-refractivity contribution in [3.8, 4) is 0 Å². The summed E-state index contributed by atoms with van der Waals surface area (Å²) < 4.78 is 98.0. The first-order chi connectivity index (χ1) is 19.2. The van der Waals surface area contributed by atoms with Crippen LogP contribution in [0, 0.1) is 5.82 Å². The number of carbonyl (C=O) groups excluding carboxylic acids is 3. The average Bonchev–Trinajstić information content (AvgIpc) is 3.14. The molecule has 0 saturated carbocycles. The van der Waals surface area contributed by atoms with Crippen LogP contribution in [0.1, 0.15) is 38.8 Å². The summed E-state index contributed by atoms with van der Waals surface area (Å²) in [5.74, 6) is -5.11. The van der Waals surface area contributed by atoms with Crippen molar-refractivity contribution in [2.75, 3.05) is 6.54 Å². The number of ketones is 1. The van der Waals surface area contributed by atoms with Crippen LogP contribution >= 0.6 is 0 Å². The molecule has 5 nitrogen and oxygen atoms in total. The zero-order valence-electron chi connectivity index (χ0n) is 21.2. The van der Waals surface area contributed by atoms with Gasteiger partial charge in [0.2, 0.25) is 5.54 Å². The summed E-state index contributed by atoms with van der Waals surface area (Å²) in [4.78, 5) is 41.0. The van der Waals surface area contributed by atoms with Crippen LogP contribution in [0.2, 0.25) is 0 Å².